The molecule has 0 amide bonds. The monoisotopic (exact) mass is 236 g/mol. The van der Waals surface area contributed by atoms with Crippen molar-refractivity contribution in [3.8, 4) is 0 Å². The second kappa shape index (κ2) is 5.05. The van der Waals surface area contributed by atoms with Gasteiger partial charge in [0.15, 0.2) is 0 Å². The molecule has 16 heavy (non-hydrogen) atoms. The van der Waals surface area contributed by atoms with Crippen LogP contribution in [0.2, 0.25) is 0 Å². The molecule has 0 aromatic heterocycles. The van der Waals surface area contributed by atoms with E-state index in [2.05, 4.69) is 37.8 Å². The summed E-state index contributed by atoms with van der Waals surface area (Å²) in [6, 6.07) is 8.69. The molecule has 0 saturated carbocycles. The maximum Gasteiger partial charge on any atom is 0.0496 e. The van der Waals surface area contributed by atoms with E-state index < -0.39 is 0 Å². The van der Waals surface area contributed by atoms with Gasteiger partial charge in [-0.05, 0) is 38.3 Å². The molecular weight excluding hydrogens is 216 g/mol. The maximum atomic E-state index is 6.44. The van der Waals surface area contributed by atoms with Gasteiger partial charge in [0.05, 0.1) is 0 Å². The smallest absolute Gasteiger partial charge is 0.0496 e. The standard InChI is InChI=1S/C15H21Cl/c1-6-12-7-9-13(10-8-12)14(11(2)3)15(4,5)16/h7-10,14H,2,6H2,1,3-5H3. The van der Waals surface area contributed by atoms with Gasteiger partial charge < -0.3 is 0 Å². The summed E-state index contributed by atoms with van der Waals surface area (Å²) in [6.45, 7) is 12.4. The third-order valence-corrected chi connectivity index (χ3v) is 3.12. The highest BCUT2D eigenvalue weighted by molar-refractivity contribution is 6.24. The van der Waals surface area contributed by atoms with Crippen LogP contribution in [0.3, 0.4) is 0 Å². The third kappa shape index (κ3) is 3.12. The number of hydrogen-bond donors (Lipinski definition) is 0. The number of hydrogen-bond acceptors (Lipinski definition) is 0. The summed E-state index contributed by atoms with van der Waals surface area (Å²) in [5.41, 5.74) is 3.73. The van der Waals surface area contributed by atoms with Gasteiger partial charge in [-0.15, -0.1) is 11.6 Å². The van der Waals surface area contributed by atoms with Gasteiger partial charge in [0.2, 0.25) is 0 Å². The Labute approximate surface area is 104 Å². The van der Waals surface area contributed by atoms with Crippen molar-refractivity contribution in [2.75, 3.05) is 0 Å². The molecule has 0 bridgehead atoms. The first kappa shape index (κ1) is 13.3. The van der Waals surface area contributed by atoms with Crippen molar-refractivity contribution in [3.63, 3.8) is 0 Å². The Morgan fingerprint density at radius 2 is 1.81 bits per heavy atom. The van der Waals surface area contributed by atoms with E-state index in [4.69, 9.17) is 11.6 Å². The zero-order valence-corrected chi connectivity index (χ0v) is 11.4. The molecule has 1 atom stereocenters. The van der Waals surface area contributed by atoms with Gasteiger partial charge >= 0.3 is 0 Å². The molecule has 1 unspecified atom stereocenters. The summed E-state index contributed by atoms with van der Waals surface area (Å²) < 4.78 is 0. The summed E-state index contributed by atoms with van der Waals surface area (Å²) >= 11 is 6.44. The minimum atomic E-state index is -0.292. The summed E-state index contributed by atoms with van der Waals surface area (Å²) in [6.07, 6.45) is 1.07. The lowest BCUT2D eigenvalue weighted by Crippen LogP contribution is -2.23. The number of rotatable bonds is 4. The molecule has 1 rings (SSSR count). The molecule has 0 aliphatic heterocycles. The van der Waals surface area contributed by atoms with Crippen LogP contribution in [-0.4, -0.2) is 4.87 Å². The van der Waals surface area contributed by atoms with Crippen LogP contribution in [0.1, 0.15) is 44.7 Å². The van der Waals surface area contributed by atoms with Crippen molar-refractivity contribution in [1.82, 2.24) is 0 Å². The quantitative estimate of drug-likeness (QED) is 0.514. The molecule has 1 heteroatoms. The van der Waals surface area contributed by atoms with Gasteiger partial charge in [0, 0.05) is 10.8 Å². The summed E-state index contributed by atoms with van der Waals surface area (Å²) in [4.78, 5) is -0.292. The second-order valence-corrected chi connectivity index (χ2v) is 5.91. The van der Waals surface area contributed by atoms with Gasteiger partial charge in [-0.25, -0.2) is 0 Å². The Hall–Kier alpha value is -0.750. The van der Waals surface area contributed by atoms with E-state index in [1.165, 1.54) is 11.1 Å². The molecule has 0 spiro atoms. The minimum absolute atomic E-state index is 0.208. The fraction of sp³-hybridized carbons (Fsp3) is 0.467. The molecule has 0 nitrogen and oxygen atoms in total. The highest BCUT2D eigenvalue weighted by atomic mass is 35.5. The second-order valence-electron chi connectivity index (χ2n) is 4.94. The zero-order chi connectivity index (χ0) is 12.3. The molecule has 0 heterocycles. The number of benzene rings is 1. The van der Waals surface area contributed by atoms with Crippen molar-refractivity contribution in [3.05, 3.63) is 47.5 Å². The maximum absolute atomic E-state index is 6.44. The van der Waals surface area contributed by atoms with Crippen LogP contribution in [0.5, 0.6) is 0 Å². The number of halogens is 1. The summed E-state index contributed by atoms with van der Waals surface area (Å²) in [5.74, 6) is 0.208. The first-order valence-corrected chi connectivity index (χ1v) is 6.17. The van der Waals surface area contributed by atoms with Gasteiger partial charge in [-0.2, -0.15) is 0 Å². The molecule has 0 radical (unpaired) electrons. The predicted molar refractivity (Wildman–Crippen MR) is 73.3 cm³/mol. The van der Waals surface area contributed by atoms with Crippen LogP contribution in [0.4, 0.5) is 0 Å². The molecular formula is C15H21Cl. The van der Waals surface area contributed by atoms with Gasteiger partial charge in [0.25, 0.3) is 0 Å². The van der Waals surface area contributed by atoms with E-state index in [1.54, 1.807) is 0 Å². The van der Waals surface area contributed by atoms with Crippen molar-refractivity contribution in [1.29, 1.82) is 0 Å². The van der Waals surface area contributed by atoms with Gasteiger partial charge in [0.1, 0.15) is 0 Å². The SMILES string of the molecule is C=C(C)C(c1ccc(CC)cc1)C(C)(C)Cl. The average molecular weight is 237 g/mol. The van der Waals surface area contributed by atoms with E-state index in [9.17, 15) is 0 Å². The molecule has 0 N–H and O–H groups in total. The summed E-state index contributed by atoms with van der Waals surface area (Å²) in [5, 5.41) is 0. The van der Waals surface area contributed by atoms with Crippen LogP contribution in [0, 0.1) is 0 Å². The first-order valence-electron chi connectivity index (χ1n) is 5.79. The Balaban J connectivity index is 3.07. The minimum Gasteiger partial charge on any atom is -0.119 e. The van der Waals surface area contributed by atoms with Crippen LogP contribution < -0.4 is 0 Å². The molecule has 0 fully saturated rings. The van der Waals surface area contributed by atoms with Gasteiger partial charge in [-0.1, -0.05) is 43.3 Å². The third-order valence-electron chi connectivity index (χ3n) is 2.90. The molecule has 0 saturated heterocycles. The Kier molecular flexibility index (Phi) is 4.21. The Morgan fingerprint density at radius 1 is 1.31 bits per heavy atom. The zero-order valence-electron chi connectivity index (χ0n) is 10.7. The van der Waals surface area contributed by atoms with Crippen LogP contribution in [0.15, 0.2) is 36.4 Å². The van der Waals surface area contributed by atoms with Crippen molar-refractivity contribution < 1.29 is 0 Å². The normalized spacial score (nSPS) is 13.6. The number of aryl methyl sites for hydroxylation is 1. The lowest BCUT2D eigenvalue weighted by molar-refractivity contribution is 0.597. The lowest BCUT2D eigenvalue weighted by Gasteiger charge is -2.29. The van der Waals surface area contributed by atoms with E-state index >= 15 is 0 Å². The molecule has 0 aliphatic rings. The van der Waals surface area contributed by atoms with Crippen molar-refractivity contribution in [2.24, 2.45) is 0 Å². The van der Waals surface area contributed by atoms with Crippen LogP contribution >= 0.6 is 11.6 Å². The van der Waals surface area contributed by atoms with E-state index in [-0.39, 0.29) is 10.8 Å². The first-order chi connectivity index (χ1) is 7.36. The Morgan fingerprint density at radius 3 is 2.12 bits per heavy atom. The highest BCUT2D eigenvalue weighted by Gasteiger charge is 2.28. The van der Waals surface area contributed by atoms with Gasteiger partial charge in [-0.3, -0.25) is 0 Å². The fourth-order valence-electron chi connectivity index (χ4n) is 2.21. The predicted octanol–water partition coefficient (Wildman–Crippen LogP) is 4.93. The molecule has 1 aromatic carbocycles. The largest absolute Gasteiger partial charge is 0.119 e. The fourth-order valence-corrected chi connectivity index (χ4v) is 2.52. The van der Waals surface area contributed by atoms with Crippen molar-refractivity contribution in [2.45, 2.75) is 44.9 Å². The van der Waals surface area contributed by atoms with Crippen LogP contribution in [-0.2, 0) is 6.42 Å². The molecule has 0 aliphatic carbocycles. The van der Waals surface area contributed by atoms with Crippen LogP contribution in [0.25, 0.3) is 0 Å². The average Bonchev–Trinajstić information content (AvgIpc) is 2.16. The summed E-state index contributed by atoms with van der Waals surface area (Å²) in [7, 11) is 0. The topological polar surface area (TPSA) is 0 Å². The molecule has 88 valence electrons. The van der Waals surface area contributed by atoms with Crippen molar-refractivity contribution >= 4 is 11.6 Å². The molecule has 1 aromatic rings. The van der Waals surface area contributed by atoms with E-state index in [0.29, 0.717) is 0 Å². The van der Waals surface area contributed by atoms with E-state index in [1.807, 2.05) is 20.8 Å². The lowest BCUT2D eigenvalue weighted by atomic mass is 9.82. The van der Waals surface area contributed by atoms with E-state index in [0.717, 1.165) is 12.0 Å². The number of alkyl halides is 1. The number of allylic oxidation sites excluding steroid dienone is 1. The highest BCUT2D eigenvalue weighted by Crippen LogP contribution is 2.38. The Bertz CT molecular complexity index is 354.